The lowest BCUT2D eigenvalue weighted by atomic mass is 9.74. The molecule has 0 amide bonds. The summed E-state index contributed by atoms with van der Waals surface area (Å²) in [7, 11) is 0. The van der Waals surface area contributed by atoms with Crippen molar-refractivity contribution in [1.82, 2.24) is 0 Å². The summed E-state index contributed by atoms with van der Waals surface area (Å²) in [5.74, 6) is 0.344. The summed E-state index contributed by atoms with van der Waals surface area (Å²) in [5.41, 5.74) is -0.378. The van der Waals surface area contributed by atoms with E-state index < -0.39 is 0 Å². The molecule has 1 heterocycles. The Morgan fingerprint density at radius 2 is 2.00 bits per heavy atom. The monoisotopic (exact) mass is 170 g/mol. The molecule has 1 aliphatic carbocycles. The van der Waals surface area contributed by atoms with Crippen LogP contribution in [0, 0.1) is 5.92 Å². The first-order chi connectivity index (χ1) is 5.46. The molecule has 2 fully saturated rings. The predicted molar refractivity (Wildman–Crippen MR) is 46.9 cm³/mol. The van der Waals surface area contributed by atoms with Gasteiger partial charge >= 0.3 is 0 Å². The fraction of sp³-hybridized carbons (Fsp3) is 1.00. The zero-order chi connectivity index (χ0) is 8.98. The molecule has 0 aromatic carbocycles. The van der Waals surface area contributed by atoms with E-state index in [-0.39, 0.29) is 17.3 Å². The smallest absolute Gasteiger partial charge is 0.0923 e. The molecule has 70 valence electrons. The summed E-state index contributed by atoms with van der Waals surface area (Å²) in [6.45, 7) is 6.23. The molecule has 2 nitrogen and oxygen atoms in total. The molecule has 2 heteroatoms. The van der Waals surface area contributed by atoms with Crippen LogP contribution in [0.1, 0.15) is 40.0 Å². The van der Waals surface area contributed by atoms with Gasteiger partial charge in [-0.3, -0.25) is 0 Å². The molecule has 0 aromatic rings. The molecule has 0 aromatic heterocycles. The van der Waals surface area contributed by atoms with Crippen LogP contribution < -0.4 is 0 Å². The molecular weight excluding hydrogens is 152 g/mol. The molecule has 2 aliphatic rings. The summed E-state index contributed by atoms with van der Waals surface area (Å²) in [5, 5.41) is 9.98. The molecule has 12 heavy (non-hydrogen) atoms. The second-order valence-electron chi connectivity index (χ2n) is 4.96. The third-order valence-corrected chi connectivity index (χ3v) is 3.58. The van der Waals surface area contributed by atoms with Gasteiger partial charge in [-0.15, -0.1) is 0 Å². The Morgan fingerprint density at radius 1 is 1.33 bits per heavy atom. The SMILES string of the molecule is CC1(C)OC2(C)CCCC1C2O. The molecule has 1 N–H and O–H groups in total. The summed E-state index contributed by atoms with van der Waals surface area (Å²) >= 11 is 0. The first kappa shape index (κ1) is 8.52. The van der Waals surface area contributed by atoms with E-state index in [9.17, 15) is 5.11 Å². The Kier molecular flexibility index (Phi) is 1.59. The van der Waals surface area contributed by atoms with E-state index >= 15 is 0 Å². The van der Waals surface area contributed by atoms with Gasteiger partial charge in [-0.2, -0.15) is 0 Å². The fourth-order valence-corrected chi connectivity index (χ4v) is 2.92. The maximum atomic E-state index is 9.98. The number of hydrogen-bond donors (Lipinski definition) is 1. The van der Waals surface area contributed by atoms with Gasteiger partial charge in [0.25, 0.3) is 0 Å². The first-order valence-corrected chi connectivity index (χ1v) is 4.84. The molecule has 3 atom stereocenters. The Morgan fingerprint density at radius 3 is 2.50 bits per heavy atom. The van der Waals surface area contributed by atoms with Gasteiger partial charge in [-0.1, -0.05) is 6.42 Å². The van der Waals surface area contributed by atoms with Crippen molar-refractivity contribution in [3.05, 3.63) is 0 Å². The highest BCUT2D eigenvalue weighted by Crippen LogP contribution is 2.50. The average molecular weight is 170 g/mol. The second kappa shape index (κ2) is 2.24. The quantitative estimate of drug-likeness (QED) is 0.599. The van der Waals surface area contributed by atoms with Crippen molar-refractivity contribution < 1.29 is 9.84 Å². The predicted octanol–water partition coefficient (Wildman–Crippen LogP) is 1.71. The minimum atomic E-state index is -0.258. The topological polar surface area (TPSA) is 29.5 Å². The minimum Gasteiger partial charge on any atom is -0.390 e. The third kappa shape index (κ3) is 0.944. The normalized spacial score (nSPS) is 51.0. The lowest BCUT2D eigenvalue weighted by Crippen LogP contribution is -2.41. The zero-order valence-electron chi connectivity index (χ0n) is 8.13. The van der Waals surface area contributed by atoms with Gasteiger partial charge < -0.3 is 9.84 Å². The van der Waals surface area contributed by atoms with Gasteiger partial charge in [0.2, 0.25) is 0 Å². The van der Waals surface area contributed by atoms with E-state index in [4.69, 9.17) is 4.74 Å². The van der Waals surface area contributed by atoms with E-state index in [0.717, 1.165) is 12.8 Å². The van der Waals surface area contributed by atoms with Gasteiger partial charge in [-0.05, 0) is 33.6 Å². The van der Waals surface area contributed by atoms with E-state index in [1.807, 2.05) is 6.92 Å². The molecule has 1 aliphatic heterocycles. The van der Waals surface area contributed by atoms with Crippen LogP contribution in [0.15, 0.2) is 0 Å². The number of ether oxygens (including phenoxy) is 1. The lowest BCUT2D eigenvalue weighted by Gasteiger charge is -2.32. The number of fused-ring (bicyclic) bond motifs is 2. The number of aliphatic hydroxyl groups is 1. The van der Waals surface area contributed by atoms with Crippen LogP contribution in [-0.4, -0.2) is 22.4 Å². The van der Waals surface area contributed by atoms with Crippen LogP contribution in [0.2, 0.25) is 0 Å². The molecular formula is C10H18O2. The number of hydrogen-bond acceptors (Lipinski definition) is 2. The highest BCUT2D eigenvalue weighted by atomic mass is 16.5. The first-order valence-electron chi connectivity index (χ1n) is 4.84. The second-order valence-corrected chi connectivity index (χ2v) is 4.96. The summed E-state index contributed by atoms with van der Waals surface area (Å²) < 4.78 is 5.92. The van der Waals surface area contributed by atoms with Crippen LogP contribution in [0.5, 0.6) is 0 Å². The van der Waals surface area contributed by atoms with Crippen LogP contribution in [0.4, 0.5) is 0 Å². The van der Waals surface area contributed by atoms with E-state index in [0.29, 0.717) is 5.92 Å². The molecule has 2 bridgehead atoms. The summed E-state index contributed by atoms with van der Waals surface area (Å²) in [6.07, 6.45) is 3.07. The molecule has 1 saturated carbocycles. The van der Waals surface area contributed by atoms with Crippen LogP contribution in [0.3, 0.4) is 0 Å². The van der Waals surface area contributed by atoms with Crippen molar-refractivity contribution in [1.29, 1.82) is 0 Å². The zero-order valence-corrected chi connectivity index (χ0v) is 8.13. The number of aliphatic hydroxyl groups excluding tert-OH is 1. The van der Waals surface area contributed by atoms with Gasteiger partial charge in [0, 0.05) is 5.92 Å². The maximum Gasteiger partial charge on any atom is 0.0923 e. The fourth-order valence-electron chi connectivity index (χ4n) is 2.92. The largest absolute Gasteiger partial charge is 0.390 e. The standard InChI is InChI=1S/C10H18O2/c1-9(2)7-5-4-6-10(3,12-9)8(7)11/h7-8,11H,4-6H2,1-3H3. The van der Waals surface area contributed by atoms with E-state index in [1.165, 1.54) is 6.42 Å². The molecule has 1 saturated heterocycles. The highest BCUT2D eigenvalue weighted by molar-refractivity contribution is 5.06. The van der Waals surface area contributed by atoms with Crippen molar-refractivity contribution in [2.75, 3.05) is 0 Å². The highest BCUT2D eigenvalue weighted by Gasteiger charge is 2.57. The molecule has 0 radical (unpaired) electrons. The Hall–Kier alpha value is -0.0800. The van der Waals surface area contributed by atoms with Crippen molar-refractivity contribution in [2.24, 2.45) is 5.92 Å². The average Bonchev–Trinajstić information content (AvgIpc) is 2.08. The lowest BCUT2D eigenvalue weighted by molar-refractivity contribution is -0.103. The van der Waals surface area contributed by atoms with Gasteiger partial charge in [-0.25, -0.2) is 0 Å². The van der Waals surface area contributed by atoms with E-state index in [2.05, 4.69) is 13.8 Å². The minimum absolute atomic E-state index is 0.120. The Labute approximate surface area is 73.9 Å². The maximum absolute atomic E-state index is 9.98. The van der Waals surface area contributed by atoms with Gasteiger partial charge in [0.05, 0.1) is 17.3 Å². The van der Waals surface area contributed by atoms with Crippen molar-refractivity contribution in [3.63, 3.8) is 0 Å². The summed E-state index contributed by atoms with van der Waals surface area (Å²) in [4.78, 5) is 0. The van der Waals surface area contributed by atoms with Crippen molar-refractivity contribution in [3.8, 4) is 0 Å². The molecule has 0 spiro atoms. The van der Waals surface area contributed by atoms with Crippen LogP contribution in [-0.2, 0) is 4.74 Å². The molecule has 3 unspecified atom stereocenters. The number of rotatable bonds is 0. The third-order valence-electron chi connectivity index (χ3n) is 3.58. The van der Waals surface area contributed by atoms with Gasteiger partial charge in [0.1, 0.15) is 0 Å². The van der Waals surface area contributed by atoms with E-state index in [1.54, 1.807) is 0 Å². The Bertz CT molecular complexity index is 200. The van der Waals surface area contributed by atoms with Gasteiger partial charge in [0.15, 0.2) is 0 Å². The molecule has 2 rings (SSSR count). The Balaban J connectivity index is 2.32. The van der Waals surface area contributed by atoms with Crippen LogP contribution in [0.25, 0.3) is 0 Å². The summed E-state index contributed by atoms with van der Waals surface area (Å²) in [6, 6.07) is 0. The van der Waals surface area contributed by atoms with Crippen molar-refractivity contribution >= 4 is 0 Å². The van der Waals surface area contributed by atoms with Crippen LogP contribution >= 0.6 is 0 Å². The van der Waals surface area contributed by atoms with Crippen molar-refractivity contribution in [2.45, 2.75) is 57.3 Å².